The highest BCUT2D eigenvalue weighted by molar-refractivity contribution is 7.84. The van der Waals surface area contributed by atoms with Gasteiger partial charge in [0, 0.05) is 11.9 Å². The topological polar surface area (TPSA) is 65.8 Å². The molecule has 0 radical (unpaired) electrons. The maximum Gasteiger partial charge on any atom is 0.127 e. The minimum absolute atomic E-state index is 0.507. The Hall–Kier alpha value is -1.25. The van der Waals surface area contributed by atoms with Crippen molar-refractivity contribution in [1.82, 2.24) is 10.3 Å². The molecule has 1 aromatic rings. The molecule has 5 heteroatoms. The first-order chi connectivity index (χ1) is 8.29. The van der Waals surface area contributed by atoms with Gasteiger partial charge < -0.3 is 5.32 Å². The predicted octanol–water partition coefficient (Wildman–Crippen LogP) is 1.06. The van der Waals surface area contributed by atoms with Crippen molar-refractivity contribution in [2.45, 2.75) is 17.9 Å². The van der Waals surface area contributed by atoms with Crippen LogP contribution in [0.4, 0.5) is 0 Å². The maximum atomic E-state index is 12.1. The van der Waals surface area contributed by atoms with Gasteiger partial charge in [0.2, 0.25) is 0 Å². The van der Waals surface area contributed by atoms with E-state index < -0.39 is 10.8 Å². The molecule has 90 valence electrons. The van der Waals surface area contributed by atoms with Crippen molar-refractivity contribution in [2.75, 3.05) is 18.8 Å². The zero-order valence-corrected chi connectivity index (χ0v) is 10.4. The number of pyridine rings is 1. The van der Waals surface area contributed by atoms with Crippen LogP contribution in [0.2, 0.25) is 0 Å². The second kappa shape index (κ2) is 5.89. The number of hydrogen-bond acceptors (Lipinski definition) is 4. The summed E-state index contributed by atoms with van der Waals surface area (Å²) in [6, 6.07) is 5.36. The van der Waals surface area contributed by atoms with E-state index in [1.54, 1.807) is 12.1 Å². The summed E-state index contributed by atoms with van der Waals surface area (Å²) in [7, 11) is -1.04. The molecule has 1 atom stereocenters. The summed E-state index contributed by atoms with van der Waals surface area (Å²) < 4.78 is 12.1. The molecule has 0 unspecified atom stereocenters. The van der Waals surface area contributed by atoms with Gasteiger partial charge in [-0.1, -0.05) is 0 Å². The maximum absolute atomic E-state index is 12.1. The Labute approximate surface area is 104 Å². The van der Waals surface area contributed by atoms with E-state index in [0.717, 1.165) is 25.9 Å². The van der Waals surface area contributed by atoms with Crippen molar-refractivity contribution in [2.24, 2.45) is 5.92 Å². The van der Waals surface area contributed by atoms with Crippen LogP contribution in [0.3, 0.4) is 0 Å². The Balaban J connectivity index is 1.96. The fourth-order valence-corrected chi connectivity index (χ4v) is 3.25. The molecule has 0 aromatic carbocycles. The molecule has 1 aliphatic heterocycles. The zero-order chi connectivity index (χ0) is 12.1. The van der Waals surface area contributed by atoms with Crippen molar-refractivity contribution in [3.63, 3.8) is 0 Å². The lowest BCUT2D eigenvalue weighted by atomic mass is 10.0. The van der Waals surface area contributed by atoms with E-state index in [1.165, 1.54) is 6.20 Å². The van der Waals surface area contributed by atoms with Gasteiger partial charge in [-0.3, -0.25) is 4.21 Å². The van der Waals surface area contributed by atoms with Gasteiger partial charge in [0.05, 0.1) is 16.4 Å². The Morgan fingerprint density at radius 1 is 1.47 bits per heavy atom. The monoisotopic (exact) mass is 249 g/mol. The van der Waals surface area contributed by atoms with E-state index in [4.69, 9.17) is 5.26 Å². The van der Waals surface area contributed by atoms with Crippen LogP contribution in [-0.4, -0.2) is 28.0 Å². The number of piperidine rings is 1. The fraction of sp³-hybridized carbons (Fsp3) is 0.500. The average Bonchev–Trinajstić information content (AvgIpc) is 2.40. The van der Waals surface area contributed by atoms with Crippen LogP contribution >= 0.6 is 0 Å². The molecule has 0 saturated carbocycles. The largest absolute Gasteiger partial charge is 0.317 e. The molecule has 1 aliphatic rings. The van der Waals surface area contributed by atoms with Gasteiger partial charge in [-0.15, -0.1) is 0 Å². The molecule has 2 heterocycles. The lowest BCUT2D eigenvalue weighted by Gasteiger charge is -2.21. The molecule has 0 bridgehead atoms. The summed E-state index contributed by atoms with van der Waals surface area (Å²) in [4.78, 5) is 4.08. The molecule has 1 saturated heterocycles. The van der Waals surface area contributed by atoms with Gasteiger partial charge in [0.25, 0.3) is 0 Å². The predicted molar refractivity (Wildman–Crippen MR) is 65.8 cm³/mol. The van der Waals surface area contributed by atoms with E-state index in [1.807, 2.05) is 6.07 Å². The third-order valence-electron chi connectivity index (χ3n) is 2.94. The minimum Gasteiger partial charge on any atom is -0.317 e. The molecule has 17 heavy (non-hydrogen) atoms. The van der Waals surface area contributed by atoms with Gasteiger partial charge in [-0.2, -0.15) is 5.26 Å². The van der Waals surface area contributed by atoms with Crippen LogP contribution < -0.4 is 5.32 Å². The van der Waals surface area contributed by atoms with Gasteiger partial charge in [0.1, 0.15) is 11.1 Å². The van der Waals surface area contributed by atoms with Crippen LogP contribution in [-0.2, 0) is 10.8 Å². The summed E-state index contributed by atoms with van der Waals surface area (Å²) in [6.07, 6.45) is 3.65. The number of aromatic nitrogens is 1. The number of rotatable bonds is 3. The van der Waals surface area contributed by atoms with Gasteiger partial charge in [0.15, 0.2) is 0 Å². The highest BCUT2D eigenvalue weighted by atomic mass is 32.2. The molecular formula is C12H15N3OS. The number of nitrogens with zero attached hydrogens (tertiary/aromatic N) is 2. The van der Waals surface area contributed by atoms with Crippen molar-refractivity contribution >= 4 is 10.8 Å². The van der Waals surface area contributed by atoms with Crippen molar-refractivity contribution in [1.29, 1.82) is 5.26 Å². The Bertz CT molecular complexity index is 432. The summed E-state index contributed by atoms with van der Waals surface area (Å²) in [5.74, 6) is 1.20. The van der Waals surface area contributed by atoms with Crippen LogP contribution in [0, 0.1) is 17.2 Å². The fourth-order valence-electron chi connectivity index (χ4n) is 1.93. The molecule has 2 rings (SSSR count). The summed E-state index contributed by atoms with van der Waals surface area (Å²) in [6.45, 7) is 2.03. The molecule has 0 aliphatic carbocycles. The third-order valence-corrected chi connectivity index (χ3v) is 4.43. The quantitative estimate of drug-likeness (QED) is 0.870. The minimum atomic E-state index is -1.04. The highest BCUT2D eigenvalue weighted by Crippen LogP contribution is 2.16. The van der Waals surface area contributed by atoms with Crippen LogP contribution in [0.5, 0.6) is 0 Å². The van der Waals surface area contributed by atoms with E-state index in [-0.39, 0.29) is 0 Å². The van der Waals surface area contributed by atoms with Crippen molar-refractivity contribution in [3.05, 3.63) is 23.9 Å². The third kappa shape index (κ3) is 3.35. The number of hydrogen-bond donors (Lipinski definition) is 1. The molecule has 0 spiro atoms. The average molecular weight is 249 g/mol. The smallest absolute Gasteiger partial charge is 0.127 e. The van der Waals surface area contributed by atoms with Crippen LogP contribution in [0.25, 0.3) is 0 Å². The number of nitriles is 1. The van der Waals surface area contributed by atoms with Crippen molar-refractivity contribution < 1.29 is 4.21 Å². The lowest BCUT2D eigenvalue weighted by Crippen LogP contribution is -2.30. The summed E-state index contributed by atoms with van der Waals surface area (Å²) in [5.41, 5.74) is 0.507. The first-order valence-corrected chi connectivity index (χ1v) is 7.07. The van der Waals surface area contributed by atoms with Gasteiger partial charge in [-0.25, -0.2) is 4.98 Å². The van der Waals surface area contributed by atoms with Crippen LogP contribution in [0.1, 0.15) is 18.4 Å². The van der Waals surface area contributed by atoms with Crippen molar-refractivity contribution in [3.8, 4) is 6.07 Å². The first kappa shape index (κ1) is 12.2. The Morgan fingerprint density at radius 3 is 2.82 bits per heavy atom. The molecule has 1 N–H and O–H groups in total. The Kier molecular flexibility index (Phi) is 4.24. The summed E-state index contributed by atoms with van der Waals surface area (Å²) >= 11 is 0. The molecular weight excluding hydrogens is 234 g/mol. The van der Waals surface area contributed by atoms with Crippen LogP contribution in [0.15, 0.2) is 23.4 Å². The SMILES string of the molecule is N#Cc1ccc([S@@](=O)CC2CCNCC2)nc1. The first-order valence-electron chi connectivity index (χ1n) is 5.75. The molecule has 0 amide bonds. The normalized spacial score (nSPS) is 18.5. The van der Waals surface area contributed by atoms with Gasteiger partial charge >= 0.3 is 0 Å². The van der Waals surface area contributed by atoms with E-state index in [9.17, 15) is 4.21 Å². The standard InChI is InChI=1S/C12H15N3OS/c13-7-11-1-2-12(15-8-11)17(16)9-10-3-5-14-6-4-10/h1-2,8,10,14H,3-6,9H2/t17-/m0/s1. The second-order valence-electron chi connectivity index (χ2n) is 4.20. The van der Waals surface area contributed by atoms with E-state index in [0.29, 0.717) is 22.3 Å². The zero-order valence-electron chi connectivity index (χ0n) is 9.56. The highest BCUT2D eigenvalue weighted by Gasteiger charge is 2.17. The lowest BCUT2D eigenvalue weighted by molar-refractivity contribution is 0.405. The molecule has 1 aromatic heterocycles. The Morgan fingerprint density at radius 2 is 2.24 bits per heavy atom. The molecule has 1 fully saturated rings. The van der Waals surface area contributed by atoms with E-state index >= 15 is 0 Å². The van der Waals surface area contributed by atoms with E-state index in [2.05, 4.69) is 10.3 Å². The second-order valence-corrected chi connectivity index (χ2v) is 5.65. The number of nitrogens with one attached hydrogen (secondary N) is 1. The molecule has 4 nitrogen and oxygen atoms in total. The van der Waals surface area contributed by atoms with Gasteiger partial charge in [-0.05, 0) is 44.0 Å². The summed E-state index contributed by atoms with van der Waals surface area (Å²) in [5, 5.41) is 12.5.